The highest BCUT2D eigenvalue weighted by atomic mass is 16.7. The number of ether oxygens (including phenoxy) is 5. The minimum absolute atomic E-state index is 0.0466. The van der Waals surface area contributed by atoms with Gasteiger partial charge in [0.15, 0.2) is 6.29 Å². The average Bonchev–Trinajstić information content (AvgIpc) is 2.86. The summed E-state index contributed by atoms with van der Waals surface area (Å²) in [6.45, 7) is 15.0. The van der Waals surface area contributed by atoms with Crippen molar-refractivity contribution in [3.8, 4) is 0 Å². The number of carbonyl (C=O) groups excluding carboxylic acids is 3. The van der Waals surface area contributed by atoms with Gasteiger partial charge in [-0.25, -0.2) is 14.4 Å². The van der Waals surface area contributed by atoms with E-state index in [2.05, 4.69) is 17.2 Å². The molecule has 14 nitrogen and oxygen atoms in total. The molecule has 14 heteroatoms. The van der Waals surface area contributed by atoms with Gasteiger partial charge < -0.3 is 49.4 Å². The van der Waals surface area contributed by atoms with E-state index in [0.717, 1.165) is 0 Å². The van der Waals surface area contributed by atoms with Crippen molar-refractivity contribution >= 4 is 18.2 Å². The van der Waals surface area contributed by atoms with Gasteiger partial charge in [-0.15, -0.1) is 0 Å². The third kappa shape index (κ3) is 15.0. The lowest BCUT2D eigenvalue weighted by Gasteiger charge is -2.41. The van der Waals surface area contributed by atoms with Crippen LogP contribution in [0.4, 0.5) is 9.59 Å². The molecule has 0 aromatic carbocycles. The third-order valence-corrected chi connectivity index (χ3v) is 5.84. The minimum atomic E-state index is -1.62. The normalized spacial score (nSPS) is 24.9. The summed E-state index contributed by atoms with van der Waals surface area (Å²) in [5, 5.41) is 46.3. The van der Waals surface area contributed by atoms with E-state index in [9.17, 15) is 34.8 Å². The van der Waals surface area contributed by atoms with Gasteiger partial charge in [-0.3, -0.25) is 5.32 Å². The highest BCUT2D eigenvalue weighted by Crippen LogP contribution is 2.21. The monoisotopic (exact) mass is 618 g/mol. The molecule has 1 saturated heterocycles. The van der Waals surface area contributed by atoms with Crippen LogP contribution in [-0.4, -0.2) is 105 Å². The Balaban J connectivity index is 2.84. The second-order valence-corrected chi connectivity index (χ2v) is 12.2. The fourth-order valence-corrected chi connectivity index (χ4v) is 3.82. The summed E-state index contributed by atoms with van der Waals surface area (Å²) in [7, 11) is 0. The smallest absolute Gasteiger partial charge is 0.461 e. The molecule has 0 aromatic rings. The molecule has 6 N–H and O–H groups in total. The SMILES string of the molecule is C=CC(C/C=C/C[C@H](NC(=O)OC(C)(C)C)C(=O)OC[C@H]1OC(O)[C@H](NC(O)CCC)[C@@H](O)[C@@H]1O)OC(=O)OC(C)(C)C. The average molecular weight is 619 g/mol. The van der Waals surface area contributed by atoms with Crippen LogP contribution in [0.15, 0.2) is 24.8 Å². The Kier molecular flexibility index (Phi) is 15.6. The van der Waals surface area contributed by atoms with Crippen LogP contribution in [0.25, 0.3) is 0 Å². The first kappa shape index (κ1) is 38.3. The molecule has 1 fully saturated rings. The zero-order valence-electron chi connectivity index (χ0n) is 26.1. The Morgan fingerprint density at radius 3 is 2.14 bits per heavy atom. The number of hydrogen-bond acceptors (Lipinski definition) is 13. The first-order chi connectivity index (χ1) is 19.9. The van der Waals surface area contributed by atoms with Crippen molar-refractivity contribution in [2.24, 2.45) is 0 Å². The Bertz CT molecular complexity index is 929. The van der Waals surface area contributed by atoms with Gasteiger partial charge in [0.05, 0.1) is 6.04 Å². The van der Waals surface area contributed by atoms with E-state index >= 15 is 0 Å². The van der Waals surface area contributed by atoms with Gasteiger partial charge in [-0.2, -0.15) is 0 Å². The molecule has 0 saturated carbocycles. The van der Waals surface area contributed by atoms with Gasteiger partial charge in [-0.05, 0) is 54.4 Å². The second kappa shape index (κ2) is 17.5. The van der Waals surface area contributed by atoms with Crippen molar-refractivity contribution in [3.05, 3.63) is 24.8 Å². The van der Waals surface area contributed by atoms with Crippen LogP contribution in [0.3, 0.4) is 0 Å². The van der Waals surface area contributed by atoms with Crippen LogP contribution in [0.1, 0.15) is 74.1 Å². The molecule has 1 aliphatic heterocycles. The molecule has 43 heavy (non-hydrogen) atoms. The van der Waals surface area contributed by atoms with E-state index in [1.807, 2.05) is 6.92 Å². The Morgan fingerprint density at radius 1 is 0.977 bits per heavy atom. The van der Waals surface area contributed by atoms with Gasteiger partial charge in [0.2, 0.25) is 0 Å². The maximum atomic E-state index is 13.0. The fourth-order valence-electron chi connectivity index (χ4n) is 3.82. The maximum Gasteiger partial charge on any atom is 0.509 e. The fraction of sp³-hybridized carbons (Fsp3) is 0.759. The van der Waals surface area contributed by atoms with Crippen molar-refractivity contribution in [3.63, 3.8) is 0 Å². The number of alkyl carbamates (subject to hydrolysis) is 1. The summed E-state index contributed by atoms with van der Waals surface area (Å²) in [6.07, 6.45) is -3.77. The topological polar surface area (TPSA) is 202 Å². The lowest BCUT2D eigenvalue weighted by molar-refractivity contribution is -0.260. The van der Waals surface area contributed by atoms with E-state index in [-0.39, 0.29) is 12.8 Å². The summed E-state index contributed by atoms with van der Waals surface area (Å²) in [4.78, 5) is 37.3. The first-order valence-electron chi connectivity index (χ1n) is 14.3. The molecule has 3 unspecified atom stereocenters. The largest absolute Gasteiger partial charge is 0.509 e. The van der Waals surface area contributed by atoms with Crippen molar-refractivity contribution in [2.45, 2.75) is 134 Å². The van der Waals surface area contributed by atoms with E-state index in [1.165, 1.54) is 6.08 Å². The molecule has 248 valence electrons. The summed E-state index contributed by atoms with van der Waals surface area (Å²) in [5.41, 5.74) is -1.57. The molecule has 1 rings (SSSR count). The van der Waals surface area contributed by atoms with E-state index < -0.39 is 85.0 Å². The van der Waals surface area contributed by atoms with Gasteiger partial charge >= 0.3 is 18.2 Å². The number of hydrogen-bond donors (Lipinski definition) is 6. The molecule has 0 spiro atoms. The summed E-state index contributed by atoms with van der Waals surface area (Å²) in [6, 6.07) is -2.41. The van der Waals surface area contributed by atoms with Crippen molar-refractivity contribution in [2.75, 3.05) is 6.61 Å². The maximum absolute atomic E-state index is 13.0. The predicted octanol–water partition coefficient (Wildman–Crippen LogP) is 1.78. The standard InChI is InChI=1S/C29H50N2O12/c1-9-13-20(32)31-21-23(34)22(33)19(41-25(21)36)16-39-24(35)18(30-26(37)42-28(3,4)5)15-12-11-14-17(10-2)40-27(38)43-29(6,7)8/h10-12,17-23,25,31-34,36H,2,9,13-16H2,1,3-8H3,(H,30,37)/b12-11+/t17?,18-,19+,20?,21+,22+,23+,25?/m0/s1. The van der Waals surface area contributed by atoms with Crippen LogP contribution in [0.5, 0.6) is 0 Å². The molecule has 0 radical (unpaired) electrons. The van der Waals surface area contributed by atoms with Gasteiger partial charge in [-0.1, -0.05) is 38.2 Å². The molecule has 0 aliphatic carbocycles. The molecule has 0 aromatic heterocycles. The van der Waals surface area contributed by atoms with Crippen molar-refractivity contribution < 1.29 is 58.5 Å². The first-order valence-corrected chi connectivity index (χ1v) is 14.3. The Hall–Kier alpha value is -2.75. The van der Waals surface area contributed by atoms with E-state index in [0.29, 0.717) is 12.8 Å². The van der Waals surface area contributed by atoms with Crippen molar-refractivity contribution in [1.82, 2.24) is 10.6 Å². The van der Waals surface area contributed by atoms with Gasteiger partial charge in [0.25, 0.3) is 0 Å². The number of esters is 1. The number of amides is 1. The van der Waals surface area contributed by atoms with Crippen LogP contribution in [0, 0.1) is 0 Å². The Morgan fingerprint density at radius 2 is 1.58 bits per heavy atom. The molecular formula is C29H50N2O12. The summed E-state index contributed by atoms with van der Waals surface area (Å²) in [5.74, 6) is -0.904. The molecule has 1 amide bonds. The third-order valence-electron chi connectivity index (χ3n) is 5.84. The molecular weight excluding hydrogens is 568 g/mol. The number of aliphatic hydroxyl groups is 4. The van der Waals surface area contributed by atoms with Crippen LogP contribution >= 0.6 is 0 Å². The highest BCUT2D eigenvalue weighted by Gasteiger charge is 2.45. The quantitative estimate of drug-likeness (QED) is 0.0712. The zero-order valence-corrected chi connectivity index (χ0v) is 26.1. The highest BCUT2D eigenvalue weighted by molar-refractivity contribution is 5.81. The molecule has 1 heterocycles. The summed E-state index contributed by atoms with van der Waals surface area (Å²) < 4.78 is 26.2. The predicted molar refractivity (Wildman–Crippen MR) is 155 cm³/mol. The number of aliphatic hydroxyl groups excluding tert-OH is 4. The number of nitrogens with one attached hydrogen (secondary N) is 2. The van der Waals surface area contributed by atoms with Crippen molar-refractivity contribution in [1.29, 1.82) is 0 Å². The molecule has 1 aliphatic rings. The van der Waals surface area contributed by atoms with Crippen LogP contribution < -0.4 is 10.6 Å². The second-order valence-electron chi connectivity index (χ2n) is 12.2. The number of carbonyl (C=O) groups is 3. The lowest BCUT2D eigenvalue weighted by atomic mass is 9.96. The van der Waals surface area contributed by atoms with Gasteiger partial charge in [0, 0.05) is 6.42 Å². The summed E-state index contributed by atoms with van der Waals surface area (Å²) >= 11 is 0. The van der Waals surface area contributed by atoms with Crippen LogP contribution in [-0.2, 0) is 28.5 Å². The lowest BCUT2D eigenvalue weighted by Crippen LogP contribution is -2.65. The Labute approximate surface area is 253 Å². The zero-order chi connectivity index (χ0) is 33.0. The van der Waals surface area contributed by atoms with E-state index in [1.54, 1.807) is 53.7 Å². The van der Waals surface area contributed by atoms with E-state index in [4.69, 9.17) is 23.7 Å². The minimum Gasteiger partial charge on any atom is -0.461 e. The molecule has 8 atom stereocenters. The van der Waals surface area contributed by atoms with Crippen LogP contribution in [0.2, 0.25) is 0 Å². The molecule has 0 bridgehead atoms. The number of rotatable bonds is 14. The van der Waals surface area contributed by atoms with Gasteiger partial charge in [0.1, 0.15) is 54.5 Å².